The third-order valence-corrected chi connectivity index (χ3v) is 13.1. The first-order chi connectivity index (χ1) is 34.3. The number of furan rings is 1. The van der Waals surface area contributed by atoms with E-state index < -0.39 is 0 Å². The number of para-hydroxylation sites is 4. The molecule has 0 saturated heterocycles. The maximum Gasteiger partial charge on any atom is 0.145 e. The second-order valence-electron chi connectivity index (χ2n) is 17.2. The molecule has 0 amide bonds. The predicted molar refractivity (Wildman–Crippen MR) is 290 cm³/mol. The molecule has 0 atom stereocenters. The van der Waals surface area contributed by atoms with Crippen LogP contribution in [0, 0.1) is 0 Å². The average Bonchev–Trinajstić information content (AvgIpc) is 3.83. The lowest BCUT2D eigenvalue weighted by molar-refractivity contribution is 0.670. The van der Waals surface area contributed by atoms with Crippen LogP contribution in [0.3, 0.4) is 0 Å². The van der Waals surface area contributed by atoms with Gasteiger partial charge in [0.05, 0.1) is 28.1 Å². The van der Waals surface area contributed by atoms with E-state index in [4.69, 9.17) is 4.42 Å². The SMILES string of the molecule is c1ccc(-c2ccc(N(c3ccccc3-c3cccc(N(c4ccccc4-c4ccccc4)c4ccccc4-c4ccccc4)c3)c3ccc(-c4ccccc4)c4oc5ccccc5c34)cc2)cc1. The molecular formula is C66H46N2O. The van der Waals surface area contributed by atoms with Crippen molar-refractivity contribution in [2.24, 2.45) is 0 Å². The molecule has 0 spiro atoms. The maximum absolute atomic E-state index is 6.87. The van der Waals surface area contributed by atoms with Gasteiger partial charge in [-0.05, 0) is 94.0 Å². The van der Waals surface area contributed by atoms with E-state index in [1.807, 2.05) is 0 Å². The molecule has 0 fully saturated rings. The number of nitrogens with zero attached hydrogens (tertiary/aromatic N) is 2. The van der Waals surface area contributed by atoms with E-state index in [9.17, 15) is 0 Å². The van der Waals surface area contributed by atoms with Gasteiger partial charge in [0.25, 0.3) is 0 Å². The van der Waals surface area contributed by atoms with E-state index in [1.165, 1.54) is 5.56 Å². The summed E-state index contributed by atoms with van der Waals surface area (Å²) in [5.74, 6) is 0. The molecule has 0 N–H and O–H groups in total. The van der Waals surface area contributed by atoms with E-state index in [-0.39, 0.29) is 0 Å². The lowest BCUT2D eigenvalue weighted by atomic mass is 9.96. The lowest BCUT2D eigenvalue weighted by Gasteiger charge is -2.31. The summed E-state index contributed by atoms with van der Waals surface area (Å²) in [6.07, 6.45) is 0. The number of rotatable bonds is 11. The molecule has 1 heterocycles. The number of fused-ring (bicyclic) bond motifs is 3. The van der Waals surface area contributed by atoms with Crippen LogP contribution in [0.5, 0.6) is 0 Å². The highest BCUT2D eigenvalue weighted by atomic mass is 16.3. The zero-order chi connectivity index (χ0) is 45.9. The van der Waals surface area contributed by atoms with Crippen LogP contribution in [0.1, 0.15) is 0 Å². The van der Waals surface area contributed by atoms with Gasteiger partial charge in [-0.15, -0.1) is 0 Å². The Bertz CT molecular complexity index is 3630. The molecule has 12 aromatic rings. The zero-order valence-electron chi connectivity index (χ0n) is 37.9. The van der Waals surface area contributed by atoms with Crippen LogP contribution in [-0.2, 0) is 0 Å². The molecule has 12 rings (SSSR count). The van der Waals surface area contributed by atoms with E-state index in [0.717, 1.165) is 106 Å². The second kappa shape index (κ2) is 18.2. The molecule has 3 nitrogen and oxygen atoms in total. The highest BCUT2D eigenvalue weighted by molar-refractivity contribution is 6.17. The monoisotopic (exact) mass is 882 g/mol. The molecule has 0 radical (unpaired) electrons. The van der Waals surface area contributed by atoms with Crippen LogP contribution in [-0.4, -0.2) is 0 Å². The topological polar surface area (TPSA) is 19.6 Å². The maximum atomic E-state index is 6.87. The van der Waals surface area contributed by atoms with Crippen molar-refractivity contribution in [3.05, 3.63) is 279 Å². The summed E-state index contributed by atoms with van der Waals surface area (Å²) in [5.41, 5.74) is 19.3. The molecule has 3 heteroatoms. The fraction of sp³-hybridized carbons (Fsp3) is 0. The fourth-order valence-corrected chi connectivity index (χ4v) is 9.88. The molecule has 0 aliphatic heterocycles. The van der Waals surface area contributed by atoms with Crippen molar-refractivity contribution in [2.75, 3.05) is 9.80 Å². The van der Waals surface area contributed by atoms with Crippen LogP contribution in [0.15, 0.2) is 283 Å². The minimum Gasteiger partial charge on any atom is -0.455 e. The van der Waals surface area contributed by atoms with Gasteiger partial charge in [0, 0.05) is 39.0 Å². The second-order valence-corrected chi connectivity index (χ2v) is 17.2. The fourth-order valence-electron chi connectivity index (χ4n) is 9.88. The van der Waals surface area contributed by atoms with Gasteiger partial charge < -0.3 is 14.2 Å². The molecule has 326 valence electrons. The summed E-state index contributed by atoms with van der Waals surface area (Å²) in [7, 11) is 0. The van der Waals surface area contributed by atoms with Crippen molar-refractivity contribution in [1.29, 1.82) is 0 Å². The van der Waals surface area contributed by atoms with E-state index in [2.05, 4.69) is 289 Å². The Morgan fingerprint density at radius 2 is 0.667 bits per heavy atom. The third-order valence-electron chi connectivity index (χ3n) is 13.1. The average molecular weight is 883 g/mol. The number of hydrogen-bond donors (Lipinski definition) is 0. The number of anilines is 6. The van der Waals surface area contributed by atoms with Gasteiger partial charge >= 0.3 is 0 Å². The first-order valence-corrected chi connectivity index (χ1v) is 23.5. The molecule has 0 unspecified atom stereocenters. The number of hydrogen-bond acceptors (Lipinski definition) is 3. The van der Waals surface area contributed by atoms with Crippen LogP contribution in [0.2, 0.25) is 0 Å². The number of benzene rings is 11. The minimum absolute atomic E-state index is 0.851. The summed E-state index contributed by atoms with van der Waals surface area (Å²) in [6, 6.07) is 99.7. The van der Waals surface area contributed by atoms with Crippen molar-refractivity contribution in [3.63, 3.8) is 0 Å². The Kier molecular flexibility index (Phi) is 10.9. The van der Waals surface area contributed by atoms with Gasteiger partial charge in [-0.3, -0.25) is 0 Å². The largest absolute Gasteiger partial charge is 0.455 e. The lowest BCUT2D eigenvalue weighted by Crippen LogP contribution is -2.13. The Morgan fingerprint density at radius 1 is 0.246 bits per heavy atom. The van der Waals surface area contributed by atoms with Crippen molar-refractivity contribution in [3.8, 4) is 55.6 Å². The zero-order valence-corrected chi connectivity index (χ0v) is 37.9. The smallest absolute Gasteiger partial charge is 0.145 e. The van der Waals surface area contributed by atoms with Gasteiger partial charge in [0.1, 0.15) is 11.2 Å². The van der Waals surface area contributed by atoms with E-state index in [0.29, 0.717) is 0 Å². The Balaban J connectivity index is 1.08. The van der Waals surface area contributed by atoms with Crippen LogP contribution in [0.25, 0.3) is 77.6 Å². The van der Waals surface area contributed by atoms with E-state index in [1.54, 1.807) is 0 Å². The molecule has 0 saturated carbocycles. The first-order valence-electron chi connectivity index (χ1n) is 23.5. The Hall–Kier alpha value is -9.18. The van der Waals surface area contributed by atoms with Crippen LogP contribution >= 0.6 is 0 Å². The summed E-state index contributed by atoms with van der Waals surface area (Å²) in [6.45, 7) is 0. The minimum atomic E-state index is 0.851. The Labute approximate surface area is 403 Å². The molecule has 1 aromatic heterocycles. The molecule has 0 bridgehead atoms. The van der Waals surface area contributed by atoms with Gasteiger partial charge in [0.2, 0.25) is 0 Å². The van der Waals surface area contributed by atoms with Crippen molar-refractivity contribution in [2.45, 2.75) is 0 Å². The molecular weight excluding hydrogens is 837 g/mol. The highest BCUT2D eigenvalue weighted by Crippen LogP contribution is 2.50. The molecule has 0 aliphatic rings. The predicted octanol–water partition coefficient (Wildman–Crippen LogP) is 18.9. The van der Waals surface area contributed by atoms with Gasteiger partial charge in [-0.25, -0.2) is 0 Å². The summed E-state index contributed by atoms with van der Waals surface area (Å²) < 4.78 is 6.87. The van der Waals surface area contributed by atoms with E-state index >= 15 is 0 Å². The molecule has 69 heavy (non-hydrogen) atoms. The van der Waals surface area contributed by atoms with Crippen molar-refractivity contribution < 1.29 is 4.42 Å². The van der Waals surface area contributed by atoms with Crippen molar-refractivity contribution >= 4 is 56.1 Å². The van der Waals surface area contributed by atoms with Crippen molar-refractivity contribution in [1.82, 2.24) is 0 Å². The van der Waals surface area contributed by atoms with Gasteiger partial charge in [0.15, 0.2) is 0 Å². The highest BCUT2D eigenvalue weighted by Gasteiger charge is 2.26. The quantitative estimate of drug-likeness (QED) is 0.129. The standard InChI is InChI=1S/C66H46N2O/c1-5-22-47(23-6-1)48-40-42-53(43-41-48)67(63-45-44-58(51-28-11-4-12-29-51)66-65(63)59-35-16-20-39-64(59)69-66)62-38-19-15-34-57(62)52-30-21-31-54(46-52)68(60-36-17-13-32-55(60)49-24-7-2-8-25-49)61-37-18-14-33-56(61)50-26-9-3-10-27-50/h1-46H. The summed E-state index contributed by atoms with van der Waals surface area (Å²) >= 11 is 0. The summed E-state index contributed by atoms with van der Waals surface area (Å²) in [5, 5.41) is 2.12. The third kappa shape index (κ3) is 7.82. The van der Waals surface area contributed by atoms with Gasteiger partial charge in [-0.2, -0.15) is 0 Å². The Morgan fingerprint density at radius 3 is 1.23 bits per heavy atom. The normalized spacial score (nSPS) is 11.2. The van der Waals surface area contributed by atoms with Crippen LogP contribution in [0.4, 0.5) is 34.1 Å². The summed E-state index contributed by atoms with van der Waals surface area (Å²) in [4.78, 5) is 4.85. The molecule has 11 aromatic carbocycles. The van der Waals surface area contributed by atoms with Gasteiger partial charge in [-0.1, -0.05) is 218 Å². The first kappa shape index (κ1) is 41.3. The van der Waals surface area contributed by atoms with Crippen LogP contribution < -0.4 is 9.80 Å². The molecule has 0 aliphatic carbocycles.